The highest BCUT2D eigenvalue weighted by Crippen LogP contribution is 2.37. The standard InChI is InChI=1S/C15H20N2O5S/c1-21-10-8-17-13(18)11-23(20)15(17)4-6-16(7-5-15)14(19)12-3-2-9-22-12/h2-3,9H,4-8,10-11H2,1H3. The number of furan rings is 1. The van der Waals surface area contributed by atoms with E-state index >= 15 is 0 Å². The summed E-state index contributed by atoms with van der Waals surface area (Å²) in [6, 6.07) is 3.31. The third kappa shape index (κ3) is 2.81. The van der Waals surface area contributed by atoms with Crippen molar-refractivity contribution in [2.24, 2.45) is 0 Å². The van der Waals surface area contributed by atoms with Crippen molar-refractivity contribution in [3.05, 3.63) is 24.2 Å². The highest BCUT2D eigenvalue weighted by molar-refractivity contribution is 7.87. The minimum atomic E-state index is -1.24. The molecule has 0 bridgehead atoms. The van der Waals surface area contributed by atoms with Crippen LogP contribution in [0, 0.1) is 0 Å². The Morgan fingerprint density at radius 1 is 1.43 bits per heavy atom. The van der Waals surface area contributed by atoms with Gasteiger partial charge in [0.05, 0.1) is 23.7 Å². The maximum atomic E-state index is 12.5. The van der Waals surface area contributed by atoms with Crippen molar-refractivity contribution in [1.82, 2.24) is 9.80 Å². The van der Waals surface area contributed by atoms with Crippen LogP contribution in [0.1, 0.15) is 23.4 Å². The molecule has 7 nitrogen and oxygen atoms in total. The number of hydrogen-bond acceptors (Lipinski definition) is 5. The van der Waals surface area contributed by atoms with E-state index in [0.717, 1.165) is 0 Å². The first-order valence-corrected chi connectivity index (χ1v) is 8.91. The molecule has 0 saturated carbocycles. The van der Waals surface area contributed by atoms with Gasteiger partial charge in [0.25, 0.3) is 5.91 Å². The predicted octanol–water partition coefficient (Wildman–Crippen LogP) is 0.449. The summed E-state index contributed by atoms with van der Waals surface area (Å²) in [5, 5.41) is 0. The lowest BCUT2D eigenvalue weighted by atomic mass is 10.0. The molecule has 1 unspecified atom stereocenters. The number of likely N-dealkylation sites (tertiary alicyclic amines) is 1. The van der Waals surface area contributed by atoms with E-state index in [9.17, 15) is 13.8 Å². The molecule has 1 aromatic rings. The zero-order chi connectivity index (χ0) is 16.4. The highest BCUT2D eigenvalue weighted by atomic mass is 32.2. The lowest BCUT2D eigenvalue weighted by Gasteiger charge is -2.43. The van der Waals surface area contributed by atoms with Crippen molar-refractivity contribution >= 4 is 22.6 Å². The Kier molecular flexibility index (Phi) is 4.54. The predicted molar refractivity (Wildman–Crippen MR) is 83.2 cm³/mol. The molecule has 2 aliphatic rings. The van der Waals surface area contributed by atoms with Crippen LogP contribution in [-0.4, -0.2) is 69.8 Å². The first-order valence-electron chi connectivity index (χ1n) is 7.59. The van der Waals surface area contributed by atoms with Gasteiger partial charge >= 0.3 is 0 Å². The molecule has 23 heavy (non-hydrogen) atoms. The second-order valence-corrected chi connectivity index (χ2v) is 7.48. The van der Waals surface area contributed by atoms with Crippen LogP contribution in [0.2, 0.25) is 0 Å². The maximum Gasteiger partial charge on any atom is 0.289 e. The van der Waals surface area contributed by atoms with Crippen molar-refractivity contribution in [3.8, 4) is 0 Å². The zero-order valence-electron chi connectivity index (χ0n) is 13.0. The monoisotopic (exact) mass is 340 g/mol. The Bertz CT molecular complexity index is 607. The molecule has 2 aliphatic heterocycles. The van der Waals surface area contributed by atoms with Crippen molar-refractivity contribution < 1.29 is 23.0 Å². The number of ether oxygens (including phenoxy) is 1. The van der Waals surface area contributed by atoms with E-state index in [1.165, 1.54) is 6.26 Å². The number of carbonyl (C=O) groups is 2. The average Bonchev–Trinajstić information content (AvgIpc) is 3.15. The Hall–Kier alpha value is -1.67. The summed E-state index contributed by atoms with van der Waals surface area (Å²) < 4.78 is 22.7. The van der Waals surface area contributed by atoms with Gasteiger partial charge in [0, 0.05) is 39.6 Å². The van der Waals surface area contributed by atoms with E-state index < -0.39 is 15.7 Å². The summed E-state index contributed by atoms with van der Waals surface area (Å²) in [4.78, 5) is 27.2. The van der Waals surface area contributed by atoms with Gasteiger partial charge < -0.3 is 19.0 Å². The number of hydrogen-bond donors (Lipinski definition) is 0. The summed E-state index contributed by atoms with van der Waals surface area (Å²) in [5.41, 5.74) is 0. The van der Waals surface area contributed by atoms with Crippen LogP contribution < -0.4 is 0 Å². The lowest BCUT2D eigenvalue weighted by Crippen LogP contribution is -2.56. The largest absolute Gasteiger partial charge is 0.459 e. The second-order valence-electron chi connectivity index (χ2n) is 5.74. The van der Waals surface area contributed by atoms with Crippen LogP contribution in [0.25, 0.3) is 0 Å². The Labute approximate surface area is 137 Å². The molecule has 2 saturated heterocycles. The molecule has 1 aromatic heterocycles. The molecule has 1 spiro atoms. The van der Waals surface area contributed by atoms with Crippen LogP contribution in [0.4, 0.5) is 0 Å². The topological polar surface area (TPSA) is 80.1 Å². The number of amides is 2. The molecule has 126 valence electrons. The number of methoxy groups -OCH3 is 1. The molecule has 0 aliphatic carbocycles. The fourth-order valence-corrected chi connectivity index (χ4v) is 5.02. The van der Waals surface area contributed by atoms with E-state index in [1.54, 1.807) is 29.0 Å². The normalized spacial score (nSPS) is 23.7. The molecule has 0 radical (unpaired) electrons. The van der Waals surface area contributed by atoms with Gasteiger partial charge in [-0.1, -0.05) is 0 Å². The summed E-state index contributed by atoms with van der Waals surface area (Å²) in [5.74, 6) is 0.117. The van der Waals surface area contributed by atoms with Crippen LogP contribution in [0.15, 0.2) is 22.8 Å². The van der Waals surface area contributed by atoms with E-state index in [1.807, 2.05) is 0 Å². The van der Waals surface area contributed by atoms with Gasteiger partial charge in [-0.05, 0) is 12.1 Å². The summed E-state index contributed by atoms with van der Waals surface area (Å²) in [6.07, 6.45) is 2.50. The van der Waals surface area contributed by atoms with Gasteiger partial charge in [-0.2, -0.15) is 0 Å². The first-order chi connectivity index (χ1) is 11.1. The molecular weight excluding hydrogens is 320 g/mol. The molecule has 1 atom stereocenters. The Balaban J connectivity index is 1.71. The zero-order valence-corrected chi connectivity index (χ0v) is 13.8. The Morgan fingerprint density at radius 2 is 2.17 bits per heavy atom. The van der Waals surface area contributed by atoms with Gasteiger partial charge in [-0.3, -0.25) is 13.8 Å². The van der Waals surface area contributed by atoms with Gasteiger partial charge in [0.15, 0.2) is 5.76 Å². The highest BCUT2D eigenvalue weighted by Gasteiger charge is 2.53. The maximum absolute atomic E-state index is 12.5. The number of piperidine rings is 1. The summed E-state index contributed by atoms with van der Waals surface area (Å²) in [6.45, 7) is 1.77. The van der Waals surface area contributed by atoms with Crippen LogP contribution in [-0.2, 0) is 20.3 Å². The average molecular weight is 340 g/mol. The van der Waals surface area contributed by atoms with Crippen molar-refractivity contribution in [2.75, 3.05) is 39.1 Å². The third-order valence-electron chi connectivity index (χ3n) is 4.55. The summed E-state index contributed by atoms with van der Waals surface area (Å²) in [7, 11) is 0.341. The van der Waals surface area contributed by atoms with Gasteiger partial charge in [0.1, 0.15) is 10.6 Å². The molecule has 0 aromatic carbocycles. The van der Waals surface area contributed by atoms with E-state index in [-0.39, 0.29) is 17.6 Å². The number of rotatable bonds is 4. The van der Waals surface area contributed by atoms with Crippen molar-refractivity contribution in [1.29, 1.82) is 0 Å². The van der Waals surface area contributed by atoms with E-state index in [4.69, 9.17) is 9.15 Å². The lowest BCUT2D eigenvalue weighted by molar-refractivity contribution is -0.131. The minimum Gasteiger partial charge on any atom is -0.459 e. The van der Waals surface area contributed by atoms with Crippen LogP contribution in [0.3, 0.4) is 0 Å². The molecule has 8 heteroatoms. The molecule has 2 amide bonds. The van der Waals surface area contributed by atoms with Crippen LogP contribution >= 0.6 is 0 Å². The van der Waals surface area contributed by atoms with Gasteiger partial charge in [-0.25, -0.2) is 0 Å². The minimum absolute atomic E-state index is 0.0653. The fraction of sp³-hybridized carbons (Fsp3) is 0.600. The van der Waals surface area contributed by atoms with Gasteiger partial charge in [-0.15, -0.1) is 0 Å². The van der Waals surface area contributed by atoms with Crippen molar-refractivity contribution in [2.45, 2.75) is 17.7 Å². The third-order valence-corrected chi connectivity index (χ3v) is 6.54. The van der Waals surface area contributed by atoms with E-state index in [0.29, 0.717) is 44.8 Å². The van der Waals surface area contributed by atoms with E-state index in [2.05, 4.69) is 0 Å². The molecule has 3 rings (SSSR count). The summed E-state index contributed by atoms with van der Waals surface area (Å²) >= 11 is 0. The second kappa shape index (κ2) is 6.45. The molecule has 2 fully saturated rings. The smallest absolute Gasteiger partial charge is 0.289 e. The number of carbonyl (C=O) groups excluding carboxylic acids is 2. The SMILES string of the molecule is COCCN1C(=O)CS(=O)C12CCN(C(=O)c1ccco1)CC2. The molecule has 0 N–H and O–H groups in total. The molecule has 3 heterocycles. The van der Waals surface area contributed by atoms with Gasteiger partial charge in [0.2, 0.25) is 5.91 Å². The Morgan fingerprint density at radius 3 is 2.78 bits per heavy atom. The fourth-order valence-electron chi connectivity index (χ4n) is 3.30. The van der Waals surface area contributed by atoms with Crippen molar-refractivity contribution in [3.63, 3.8) is 0 Å². The molecular formula is C15H20N2O5S. The quantitative estimate of drug-likeness (QED) is 0.795. The van der Waals surface area contributed by atoms with Crippen LogP contribution in [0.5, 0.6) is 0 Å². The number of nitrogens with zero attached hydrogens (tertiary/aromatic N) is 2. The first kappa shape index (κ1) is 16.2.